The van der Waals surface area contributed by atoms with Gasteiger partial charge in [0.25, 0.3) is 0 Å². The maximum atomic E-state index is 14.0. The van der Waals surface area contributed by atoms with Crippen LogP contribution in [0, 0.1) is 29.6 Å². The molecule has 4 rings (SSSR count). The van der Waals surface area contributed by atoms with Crippen LogP contribution in [0.15, 0.2) is 0 Å². The Morgan fingerprint density at radius 1 is 0.607 bits per heavy atom. The van der Waals surface area contributed by atoms with Gasteiger partial charge in [-0.1, -0.05) is 25.7 Å². The number of hydrogen-bond donors (Lipinski definition) is 1. The van der Waals surface area contributed by atoms with Gasteiger partial charge in [-0.05, 0) is 93.8 Å². The van der Waals surface area contributed by atoms with Crippen molar-refractivity contribution in [3.63, 3.8) is 0 Å². The fraction of sp³-hybridized carbons (Fsp3) is 1.00. The van der Waals surface area contributed by atoms with Gasteiger partial charge in [0.05, 0.1) is 12.2 Å². The zero-order valence-electron chi connectivity index (χ0n) is 17.4. The van der Waals surface area contributed by atoms with Crippen molar-refractivity contribution in [3.05, 3.63) is 0 Å². The minimum atomic E-state index is -1.78. The molecular weight excluding hydrogens is 358 g/mol. The van der Waals surface area contributed by atoms with E-state index in [9.17, 15) is 13.9 Å². The van der Waals surface area contributed by atoms with Gasteiger partial charge in [0, 0.05) is 6.61 Å². The Morgan fingerprint density at radius 3 is 1.68 bits per heavy atom. The van der Waals surface area contributed by atoms with Crippen LogP contribution in [0.25, 0.3) is 0 Å². The molecule has 0 aromatic carbocycles. The van der Waals surface area contributed by atoms with E-state index in [1.165, 1.54) is 77.0 Å². The van der Waals surface area contributed by atoms with E-state index < -0.39 is 24.6 Å². The first-order valence-electron chi connectivity index (χ1n) is 12.2. The molecule has 0 radical (unpaired) electrons. The maximum Gasteiger partial charge on any atom is 0.160 e. The minimum absolute atomic E-state index is 0.308. The predicted molar refractivity (Wildman–Crippen MR) is 108 cm³/mol. The third kappa shape index (κ3) is 4.91. The van der Waals surface area contributed by atoms with Crippen molar-refractivity contribution in [3.8, 4) is 0 Å². The normalized spacial score (nSPS) is 46.0. The molecule has 0 aromatic heterocycles. The third-order valence-corrected chi connectivity index (χ3v) is 8.76. The molecule has 4 saturated carbocycles. The van der Waals surface area contributed by atoms with Crippen LogP contribution in [0.5, 0.6) is 0 Å². The van der Waals surface area contributed by atoms with Crippen LogP contribution >= 0.6 is 0 Å². The first kappa shape index (κ1) is 21.0. The number of rotatable bonds is 5. The standard InChI is InChI=1S/C24H40F2O2/c25-23-21(27)13-14-22(24(23)26)28-15-16-5-7-18(8-6-16)20-11-9-19(10-12-20)17-3-1-2-4-17/h16-24,27H,1-15H2. The number of ether oxygens (including phenoxy) is 1. The van der Waals surface area contributed by atoms with Crippen molar-refractivity contribution >= 4 is 0 Å². The van der Waals surface area contributed by atoms with Gasteiger partial charge in [-0.3, -0.25) is 0 Å². The van der Waals surface area contributed by atoms with Gasteiger partial charge in [0.1, 0.15) is 0 Å². The lowest BCUT2D eigenvalue weighted by molar-refractivity contribution is -0.106. The lowest BCUT2D eigenvalue weighted by atomic mass is 9.67. The van der Waals surface area contributed by atoms with Crippen molar-refractivity contribution in [1.29, 1.82) is 0 Å². The molecule has 4 aliphatic rings. The lowest BCUT2D eigenvalue weighted by Gasteiger charge is -2.39. The number of alkyl halides is 2. The van der Waals surface area contributed by atoms with E-state index in [1.807, 2.05) is 0 Å². The molecule has 0 aliphatic heterocycles. The summed E-state index contributed by atoms with van der Waals surface area (Å²) in [5, 5.41) is 9.44. The molecule has 0 heterocycles. The zero-order chi connectivity index (χ0) is 19.5. The van der Waals surface area contributed by atoms with Crippen LogP contribution in [0.1, 0.15) is 89.9 Å². The average molecular weight is 399 g/mol. The Balaban J connectivity index is 1.14. The van der Waals surface area contributed by atoms with Crippen LogP contribution in [0.2, 0.25) is 0 Å². The SMILES string of the molecule is OC1CCC(OCC2CCC(C3CCC(C4CCCC4)CC3)CC2)C(F)C1F. The number of halogens is 2. The number of aliphatic hydroxyl groups excluding tert-OH is 1. The maximum absolute atomic E-state index is 14.0. The molecule has 4 unspecified atom stereocenters. The molecule has 1 N–H and O–H groups in total. The Bertz CT molecular complexity index is 465. The summed E-state index contributed by atoms with van der Waals surface area (Å²) in [6.45, 7) is 0.565. The summed E-state index contributed by atoms with van der Waals surface area (Å²) in [6, 6.07) is 0. The molecule has 4 fully saturated rings. The summed E-state index contributed by atoms with van der Waals surface area (Å²) in [6.07, 6.45) is 12.1. The second kappa shape index (κ2) is 9.73. The topological polar surface area (TPSA) is 29.5 Å². The first-order valence-corrected chi connectivity index (χ1v) is 12.2. The predicted octanol–water partition coefficient (Wildman–Crippen LogP) is 6.01. The number of aliphatic hydroxyl groups is 1. The Morgan fingerprint density at radius 2 is 1.11 bits per heavy atom. The molecule has 0 aromatic rings. The van der Waals surface area contributed by atoms with Crippen LogP contribution in [-0.2, 0) is 4.74 Å². The lowest BCUT2D eigenvalue weighted by Crippen LogP contribution is -2.46. The fourth-order valence-electron chi connectivity index (χ4n) is 6.85. The van der Waals surface area contributed by atoms with Crippen LogP contribution in [0.3, 0.4) is 0 Å². The zero-order valence-corrected chi connectivity index (χ0v) is 17.4. The molecular formula is C24H40F2O2. The number of hydrogen-bond acceptors (Lipinski definition) is 2. The molecule has 162 valence electrons. The second-order valence-corrected chi connectivity index (χ2v) is 10.4. The van der Waals surface area contributed by atoms with Crippen molar-refractivity contribution in [2.24, 2.45) is 29.6 Å². The molecule has 0 saturated heterocycles. The van der Waals surface area contributed by atoms with E-state index in [0.29, 0.717) is 25.4 Å². The Hall–Kier alpha value is -0.220. The molecule has 0 bridgehead atoms. The summed E-state index contributed by atoms with van der Waals surface area (Å²) in [4.78, 5) is 0. The molecule has 4 atom stereocenters. The molecule has 2 nitrogen and oxygen atoms in total. The molecule has 0 amide bonds. The first-order chi connectivity index (χ1) is 13.6. The van der Waals surface area contributed by atoms with Crippen molar-refractivity contribution < 1.29 is 18.6 Å². The van der Waals surface area contributed by atoms with Gasteiger partial charge >= 0.3 is 0 Å². The van der Waals surface area contributed by atoms with Crippen molar-refractivity contribution in [2.75, 3.05) is 6.61 Å². The summed E-state index contributed by atoms with van der Waals surface area (Å²) < 4.78 is 33.5. The van der Waals surface area contributed by atoms with Crippen LogP contribution < -0.4 is 0 Å². The second-order valence-electron chi connectivity index (χ2n) is 10.4. The quantitative estimate of drug-likeness (QED) is 0.615. The summed E-state index contributed by atoms with van der Waals surface area (Å²) in [5.74, 6) is 4.38. The highest BCUT2D eigenvalue weighted by Crippen LogP contribution is 2.45. The third-order valence-electron chi connectivity index (χ3n) is 8.76. The van der Waals surface area contributed by atoms with E-state index in [4.69, 9.17) is 4.74 Å². The van der Waals surface area contributed by atoms with E-state index in [0.717, 1.165) is 23.7 Å². The van der Waals surface area contributed by atoms with E-state index in [-0.39, 0.29) is 0 Å². The van der Waals surface area contributed by atoms with Crippen LogP contribution in [0.4, 0.5) is 8.78 Å². The Labute approximate surface area is 169 Å². The molecule has 0 spiro atoms. The fourth-order valence-corrected chi connectivity index (χ4v) is 6.85. The molecule has 28 heavy (non-hydrogen) atoms. The van der Waals surface area contributed by atoms with Gasteiger partial charge < -0.3 is 9.84 Å². The molecule has 4 aliphatic carbocycles. The smallest absolute Gasteiger partial charge is 0.160 e. The van der Waals surface area contributed by atoms with Gasteiger partial charge in [0.2, 0.25) is 0 Å². The molecule has 4 heteroatoms. The van der Waals surface area contributed by atoms with Crippen molar-refractivity contribution in [2.45, 2.75) is 114 Å². The van der Waals surface area contributed by atoms with Gasteiger partial charge in [-0.2, -0.15) is 0 Å². The highest BCUT2D eigenvalue weighted by Gasteiger charge is 2.40. The summed E-state index contributed by atoms with van der Waals surface area (Å²) >= 11 is 0. The average Bonchev–Trinajstić information content (AvgIpc) is 3.27. The van der Waals surface area contributed by atoms with Gasteiger partial charge in [-0.25, -0.2) is 8.78 Å². The Kier molecular flexibility index (Phi) is 7.30. The monoisotopic (exact) mass is 398 g/mol. The summed E-state index contributed by atoms with van der Waals surface area (Å²) in [7, 11) is 0. The van der Waals surface area contributed by atoms with E-state index in [1.54, 1.807) is 0 Å². The largest absolute Gasteiger partial charge is 0.390 e. The van der Waals surface area contributed by atoms with E-state index in [2.05, 4.69) is 0 Å². The van der Waals surface area contributed by atoms with Gasteiger partial charge in [0.15, 0.2) is 12.3 Å². The van der Waals surface area contributed by atoms with Gasteiger partial charge in [-0.15, -0.1) is 0 Å². The van der Waals surface area contributed by atoms with Crippen LogP contribution in [-0.4, -0.2) is 36.3 Å². The highest BCUT2D eigenvalue weighted by molar-refractivity contribution is 4.89. The highest BCUT2D eigenvalue weighted by atomic mass is 19.2. The van der Waals surface area contributed by atoms with E-state index >= 15 is 0 Å². The summed E-state index contributed by atoms with van der Waals surface area (Å²) in [5.41, 5.74) is 0. The van der Waals surface area contributed by atoms with Crippen molar-refractivity contribution in [1.82, 2.24) is 0 Å². The minimum Gasteiger partial charge on any atom is -0.390 e.